The molecule has 0 saturated heterocycles. The molecule has 6 nitrogen and oxygen atoms in total. The number of benzene rings is 1. The van der Waals surface area contributed by atoms with Gasteiger partial charge in [0, 0.05) is 30.4 Å². The number of thiophene rings is 1. The highest BCUT2D eigenvalue weighted by atomic mass is 127. The van der Waals surface area contributed by atoms with Gasteiger partial charge in [-0.05, 0) is 35.9 Å². The van der Waals surface area contributed by atoms with Gasteiger partial charge in [0.15, 0.2) is 5.96 Å². The average Bonchev–Trinajstić information content (AvgIpc) is 3.24. The number of aliphatic imine (C=N–C) groups is 1. The lowest BCUT2D eigenvalue weighted by Crippen LogP contribution is -2.46. The molecule has 9 heteroatoms. The van der Waals surface area contributed by atoms with Crippen molar-refractivity contribution in [2.75, 3.05) is 24.6 Å². The maximum Gasteiger partial charge on any atom is 0.229 e. The Morgan fingerprint density at radius 3 is 2.47 bits per heavy atom. The van der Waals surface area contributed by atoms with Crippen LogP contribution in [0.4, 0.5) is 5.69 Å². The fourth-order valence-electron chi connectivity index (χ4n) is 3.95. The third-order valence-corrected chi connectivity index (χ3v) is 7.14. The second-order valence-corrected chi connectivity index (χ2v) is 10.3. The molecule has 1 fully saturated rings. The SMILES string of the molecule is CN=C(NCc1ccccc1NS(C)(=O)=O)NCC1(c2cccs2)CCCCC1.I. The van der Waals surface area contributed by atoms with Crippen molar-refractivity contribution in [3.05, 3.63) is 52.2 Å². The number of nitrogens with one attached hydrogen (secondary N) is 3. The second-order valence-electron chi connectivity index (χ2n) is 7.63. The molecule has 0 atom stereocenters. The van der Waals surface area contributed by atoms with Crippen LogP contribution in [-0.4, -0.2) is 34.2 Å². The monoisotopic (exact) mass is 562 g/mol. The molecule has 1 saturated carbocycles. The quantitative estimate of drug-likeness (QED) is 0.267. The van der Waals surface area contributed by atoms with Crippen LogP contribution in [0.25, 0.3) is 0 Å². The van der Waals surface area contributed by atoms with E-state index in [1.165, 1.54) is 37.0 Å². The van der Waals surface area contributed by atoms with E-state index in [0.717, 1.165) is 24.3 Å². The Morgan fingerprint density at radius 2 is 1.83 bits per heavy atom. The summed E-state index contributed by atoms with van der Waals surface area (Å²) in [6, 6.07) is 11.8. The number of rotatable bonds is 7. The van der Waals surface area contributed by atoms with Crippen molar-refractivity contribution >= 4 is 57.0 Å². The van der Waals surface area contributed by atoms with Crippen LogP contribution in [0.1, 0.15) is 42.5 Å². The fourth-order valence-corrected chi connectivity index (χ4v) is 5.53. The zero-order chi connectivity index (χ0) is 20.7. The predicted molar refractivity (Wildman–Crippen MR) is 138 cm³/mol. The summed E-state index contributed by atoms with van der Waals surface area (Å²) >= 11 is 1.84. The van der Waals surface area contributed by atoms with Gasteiger partial charge in [0.1, 0.15) is 0 Å². The van der Waals surface area contributed by atoms with Crippen LogP contribution in [0, 0.1) is 0 Å². The molecule has 1 aromatic carbocycles. The topological polar surface area (TPSA) is 82.6 Å². The van der Waals surface area contributed by atoms with Gasteiger partial charge in [0.2, 0.25) is 10.0 Å². The van der Waals surface area contributed by atoms with Crippen molar-refractivity contribution < 1.29 is 8.42 Å². The lowest BCUT2D eigenvalue weighted by Gasteiger charge is -2.37. The summed E-state index contributed by atoms with van der Waals surface area (Å²) in [7, 11) is -1.57. The number of nitrogens with zero attached hydrogens (tertiary/aromatic N) is 1. The van der Waals surface area contributed by atoms with E-state index in [4.69, 9.17) is 0 Å². The summed E-state index contributed by atoms with van der Waals surface area (Å²) in [5.74, 6) is 0.723. The average molecular weight is 563 g/mol. The summed E-state index contributed by atoms with van der Waals surface area (Å²) in [6.07, 6.45) is 7.37. The first-order valence-corrected chi connectivity index (χ1v) is 12.7. The molecule has 3 rings (SSSR count). The molecule has 0 spiro atoms. The van der Waals surface area contributed by atoms with Gasteiger partial charge in [0.25, 0.3) is 0 Å². The van der Waals surface area contributed by atoms with E-state index in [1.807, 2.05) is 29.5 Å². The minimum absolute atomic E-state index is 0. The smallest absolute Gasteiger partial charge is 0.229 e. The van der Waals surface area contributed by atoms with Crippen LogP contribution in [0.3, 0.4) is 0 Å². The molecular weight excluding hydrogens is 531 g/mol. The van der Waals surface area contributed by atoms with Gasteiger partial charge < -0.3 is 10.6 Å². The van der Waals surface area contributed by atoms with Gasteiger partial charge >= 0.3 is 0 Å². The van der Waals surface area contributed by atoms with E-state index in [2.05, 4.69) is 37.9 Å². The first-order chi connectivity index (χ1) is 13.9. The van der Waals surface area contributed by atoms with E-state index < -0.39 is 10.0 Å². The van der Waals surface area contributed by atoms with Gasteiger partial charge in [-0.3, -0.25) is 9.71 Å². The normalized spacial score (nSPS) is 16.4. The van der Waals surface area contributed by atoms with Gasteiger partial charge in [-0.15, -0.1) is 35.3 Å². The number of anilines is 1. The Bertz CT molecular complexity index is 924. The van der Waals surface area contributed by atoms with Gasteiger partial charge in [-0.25, -0.2) is 8.42 Å². The second kappa shape index (κ2) is 11.3. The van der Waals surface area contributed by atoms with Crippen molar-refractivity contribution in [3.8, 4) is 0 Å². The maximum atomic E-state index is 11.6. The van der Waals surface area contributed by atoms with Crippen LogP contribution in [0.15, 0.2) is 46.8 Å². The molecule has 1 aliphatic carbocycles. The zero-order valence-corrected chi connectivity index (χ0v) is 21.4. The van der Waals surface area contributed by atoms with Crippen LogP contribution in [0.5, 0.6) is 0 Å². The molecule has 0 radical (unpaired) electrons. The van der Waals surface area contributed by atoms with Crippen LogP contribution < -0.4 is 15.4 Å². The molecule has 30 heavy (non-hydrogen) atoms. The first kappa shape index (κ1) is 24.9. The first-order valence-electron chi connectivity index (χ1n) is 9.96. The van der Waals surface area contributed by atoms with Crippen molar-refractivity contribution in [2.24, 2.45) is 4.99 Å². The van der Waals surface area contributed by atoms with Gasteiger partial charge in [-0.2, -0.15) is 0 Å². The number of para-hydroxylation sites is 1. The third kappa shape index (κ3) is 6.84. The minimum Gasteiger partial charge on any atom is -0.355 e. The highest BCUT2D eigenvalue weighted by molar-refractivity contribution is 14.0. The standard InChI is InChI=1S/C21H30N4O2S2.HI/c1-22-20(23-15-17-9-4-5-10-18(17)25-29(2,26)27)24-16-21(12-6-3-7-13-21)19-11-8-14-28-19;/h4-5,8-11,14,25H,3,6-7,12-13,15-16H2,1-2H3,(H2,22,23,24);1H. The van der Waals surface area contributed by atoms with E-state index in [1.54, 1.807) is 13.1 Å². The number of halogens is 1. The summed E-state index contributed by atoms with van der Waals surface area (Å²) < 4.78 is 25.8. The number of hydrogen-bond donors (Lipinski definition) is 3. The zero-order valence-electron chi connectivity index (χ0n) is 17.5. The van der Waals surface area contributed by atoms with E-state index in [-0.39, 0.29) is 29.4 Å². The highest BCUT2D eigenvalue weighted by Gasteiger charge is 2.34. The Kier molecular flexibility index (Phi) is 9.42. The number of guanidine groups is 1. The summed E-state index contributed by atoms with van der Waals surface area (Å²) in [5, 5.41) is 8.99. The van der Waals surface area contributed by atoms with Crippen molar-refractivity contribution in [1.29, 1.82) is 0 Å². The molecule has 1 aromatic heterocycles. The molecule has 0 amide bonds. The van der Waals surface area contributed by atoms with E-state index in [0.29, 0.717) is 12.2 Å². The lowest BCUT2D eigenvalue weighted by atomic mass is 9.73. The van der Waals surface area contributed by atoms with Crippen LogP contribution in [0.2, 0.25) is 0 Å². The Labute approximate surface area is 201 Å². The molecule has 0 unspecified atom stereocenters. The Morgan fingerprint density at radius 1 is 1.10 bits per heavy atom. The predicted octanol–water partition coefficient (Wildman–Crippen LogP) is 4.30. The lowest BCUT2D eigenvalue weighted by molar-refractivity contribution is 0.296. The van der Waals surface area contributed by atoms with E-state index in [9.17, 15) is 8.42 Å². The van der Waals surface area contributed by atoms with Crippen molar-refractivity contribution in [1.82, 2.24) is 10.6 Å². The molecule has 1 aliphatic rings. The van der Waals surface area contributed by atoms with Crippen molar-refractivity contribution in [3.63, 3.8) is 0 Å². The minimum atomic E-state index is -3.32. The number of sulfonamides is 1. The maximum absolute atomic E-state index is 11.6. The molecule has 1 heterocycles. The van der Waals surface area contributed by atoms with Gasteiger partial charge in [-0.1, -0.05) is 43.5 Å². The van der Waals surface area contributed by atoms with Crippen molar-refractivity contribution in [2.45, 2.75) is 44.1 Å². The summed E-state index contributed by atoms with van der Waals surface area (Å²) in [5.41, 5.74) is 1.62. The van der Waals surface area contributed by atoms with Crippen LogP contribution >= 0.6 is 35.3 Å². The van der Waals surface area contributed by atoms with Crippen LogP contribution in [-0.2, 0) is 22.0 Å². The Hall–Kier alpha value is -1.33. The molecule has 3 N–H and O–H groups in total. The molecular formula is C21H31IN4O2S2. The molecule has 166 valence electrons. The highest BCUT2D eigenvalue weighted by Crippen LogP contribution is 2.41. The fraction of sp³-hybridized carbons (Fsp3) is 0.476. The third-order valence-electron chi connectivity index (χ3n) is 5.43. The largest absolute Gasteiger partial charge is 0.355 e. The molecule has 0 aliphatic heterocycles. The Balaban J connectivity index is 0.00000320. The van der Waals surface area contributed by atoms with E-state index >= 15 is 0 Å². The number of hydrogen-bond acceptors (Lipinski definition) is 4. The molecule has 2 aromatic rings. The molecule has 0 bridgehead atoms. The summed E-state index contributed by atoms with van der Waals surface area (Å²) in [6.45, 7) is 1.32. The van der Waals surface area contributed by atoms with Gasteiger partial charge in [0.05, 0.1) is 11.9 Å². The summed E-state index contributed by atoms with van der Waals surface area (Å²) in [4.78, 5) is 5.81.